The molecule has 4 heteroatoms. The first-order valence-corrected chi connectivity index (χ1v) is 6.08. The van der Waals surface area contributed by atoms with Crippen molar-refractivity contribution in [1.29, 1.82) is 0 Å². The molecule has 0 saturated heterocycles. The first-order valence-electron chi connectivity index (χ1n) is 6.08. The lowest BCUT2D eigenvalue weighted by molar-refractivity contribution is 0.308. The maximum absolute atomic E-state index is 11.5. The SMILES string of the molecule is CC1CC(Nc2cc(=O)[nH]c(C3CC3)n2)C1. The van der Waals surface area contributed by atoms with Gasteiger partial charge >= 0.3 is 0 Å². The lowest BCUT2D eigenvalue weighted by atomic mass is 9.82. The van der Waals surface area contributed by atoms with Crippen LogP contribution < -0.4 is 10.9 Å². The zero-order valence-electron chi connectivity index (χ0n) is 9.49. The second-order valence-corrected chi connectivity index (χ2v) is 5.21. The molecule has 3 rings (SSSR count). The van der Waals surface area contributed by atoms with Crippen molar-refractivity contribution in [2.45, 2.75) is 44.6 Å². The highest BCUT2D eigenvalue weighted by molar-refractivity contribution is 5.36. The Morgan fingerprint density at radius 3 is 2.81 bits per heavy atom. The van der Waals surface area contributed by atoms with Crippen molar-refractivity contribution in [1.82, 2.24) is 9.97 Å². The van der Waals surface area contributed by atoms with Gasteiger partial charge in [-0.2, -0.15) is 0 Å². The quantitative estimate of drug-likeness (QED) is 0.815. The third-order valence-electron chi connectivity index (χ3n) is 3.45. The van der Waals surface area contributed by atoms with Crippen molar-refractivity contribution >= 4 is 5.82 Å². The van der Waals surface area contributed by atoms with Crippen LogP contribution in [0.5, 0.6) is 0 Å². The predicted octanol–water partition coefficient (Wildman–Crippen LogP) is 1.86. The molecular weight excluding hydrogens is 202 g/mol. The number of hydrogen-bond acceptors (Lipinski definition) is 3. The highest BCUT2D eigenvalue weighted by atomic mass is 16.1. The summed E-state index contributed by atoms with van der Waals surface area (Å²) in [7, 11) is 0. The molecule has 1 aromatic heterocycles. The lowest BCUT2D eigenvalue weighted by Crippen LogP contribution is -2.34. The third kappa shape index (κ3) is 1.96. The molecule has 2 saturated carbocycles. The van der Waals surface area contributed by atoms with Crippen LogP contribution in [0.25, 0.3) is 0 Å². The molecule has 2 N–H and O–H groups in total. The van der Waals surface area contributed by atoms with E-state index in [9.17, 15) is 4.79 Å². The molecule has 2 aliphatic carbocycles. The van der Waals surface area contributed by atoms with Gasteiger partial charge in [0.2, 0.25) is 0 Å². The van der Waals surface area contributed by atoms with Crippen LogP contribution in [0.2, 0.25) is 0 Å². The molecule has 0 aliphatic heterocycles. The van der Waals surface area contributed by atoms with E-state index in [4.69, 9.17) is 0 Å². The minimum Gasteiger partial charge on any atom is -0.367 e. The van der Waals surface area contributed by atoms with Gasteiger partial charge in [0.1, 0.15) is 11.6 Å². The van der Waals surface area contributed by atoms with Crippen LogP contribution in [-0.4, -0.2) is 16.0 Å². The number of nitrogens with one attached hydrogen (secondary N) is 2. The number of anilines is 1. The summed E-state index contributed by atoms with van der Waals surface area (Å²) in [6.45, 7) is 2.25. The maximum Gasteiger partial charge on any atom is 0.252 e. The summed E-state index contributed by atoms with van der Waals surface area (Å²) in [5, 5.41) is 3.34. The molecule has 1 heterocycles. The fourth-order valence-electron chi connectivity index (χ4n) is 2.33. The summed E-state index contributed by atoms with van der Waals surface area (Å²) in [6, 6.07) is 2.07. The van der Waals surface area contributed by atoms with E-state index in [1.54, 1.807) is 6.07 Å². The molecule has 0 unspecified atom stereocenters. The molecule has 16 heavy (non-hydrogen) atoms. The first kappa shape index (κ1) is 9.87. The molecule has 0 bridgehead atoms. The van der Waals surface area contributed by atoms with Crippen LogP contribution >= 0.6 is 0 Å². The lowest BCUT2D eigenvalue weighted by Gasteiger charge is -2.33. The summed E-state index contributed by atoms with van der Waals surface area (Å²) in [5.41, 5.74) is -0.0354. The fourth-order valence-corrected chi connectivity index (χ4v) is 2.33. The van der Waals surface area contributed by atoms with Crippen molar-refractivity contribution in [3.8, 4) is 0 Å². The first-order chi connectivity index (χ1) is 7.70. The van der Waals surface area contributed by atoms with Crippen molar-refractivity contribution < 1.29 is 0 Å². The van der Waals surface area contributed by atoms with Gasteiger partial charge in [0.15, 0.2) is 0 Å². The monoisotopic (exact) mass is 219 g/mol. The Bertz CT molecular complexity index is 444. The van der Waals surface area contributed by atoms with Gasteiger partial charge in [-0.15, -0.1) is 0 Å². The van der Waals surface area contributed by atoms with E-state index >= 15 is 0 Å². The molecular formula is C12H17N3O. The Labute approximate surface area is 94.5 Å². The Morgan fingerprint density at radius 2 is 2.19 bits per heavy atom. The molecule has 0 radical (unpaired) electrons. The second-order valence-electron chi connectivity index (χ2n) is 5.21. The van der Waals surface area contributed by atoms with E-state index < -0.39 is 0 Å². The van der Waals surface area contributed by atoms with Gasteiger partial charge in [-0.25, -0.2) is 4.98 Å². The largest absolute Gasteiger partial charge is 0.367 e. The summed E-state index contributed by atoms with van der Waals surface area (Å²) in [5.74, 6) is 2.92. The average molecular weight is 219 g/mol. The Morgan fingerprint density at radius 1 is 1.44 bits per heavy atom. The highest BCUT2D eigenvalue weighted by Gasteiger charge is 2.28. The van der Waals surface area contributed by atoms with E-state index in [0.717, 1.165) is 30.4 Å². The molecule has 0 aromatic carbocycles. The summed E-state index contributed by atoms with van der Waals surface area (Å²) in [6.07, 6.45) is 4.69. The minimum atomic E-state index is -0.0354. The molecule has 0 amide bonds. The predicted molar refractivity (Wildman–Crippen MR) is 62.6 cm³/mol. The van der Waals surface area contributed by atoms with Gasteiger partial charge < -0.3 is 10.3 Å². The van der Waals surface area contributed by atoms with E-state index in [1.165, 1.54) is 12.8 Å². The standard InChI is InChI=1S/C12H17N3O/c1-7-4-9(5-7)13-10-6-11(16)15-12(14-10)8-2-3-8/h6-9H,2-5H2,1H3,(H2,13,14,15,16). The zero-order valence-corrected chi connectivity index (χ0v) is 9.49. The highest BCUT2D eigenvalue weighted by Crippen LogP contribution is 2.38. The summed E-state index contributed by atoms with van der Waals surface area (Å²) < 4.78 is 0. The van der Waals surface area contributed by atoms with Crippen molar-refractivity contribution in [2.75, 3.05) is 5.32 Å². The second kappa shape index (κ2) is 3.61. The topological polar surface area (TPSA) is 57.8 Å². The third-order valence-corrected chi connectivity index (χ3v) is 3.45. The Hall–Kier alpha value is -1.32. The average Bonchev–Trinajstić information content (AvgIpc) is 2.97. The summed E-state index contributed by atoms with van der Waals surface area (Å²) in [4.78, 5) is 18.8. The van der Waals surface area contributed by atoms with Crippen LogP contribution in [0.4, 0.5) is 5.82 Å². The van der Waals surface area contributed by atoms with Crippen LogP contribution in [0, 0.1) is 5.92 Å². The van der Waals surface area contributed by atoms with Crippen LogP contribution in [0.3, 0.4) is 0 Å². The zero-order chi connectivity index (χ0) is 11.1. The molecule has 86 valence electrons. The number of aromatic amines is 1. The van der Waals surface area contributed by atoms with Gasteiger partial charge in [-0.1, -0.05) is 6.92 Å². The molecule has 2 aliphatic rings. The molecule has 2 fully saturated rings. The number of nitrogens with zero attached hydrogens (tertiary/aromatic N) is 1. The fraction of sp³-hybridized carbons (Fsp3) is 0.667. The van der Waals surface area contributed by atoms with Gasteiger partial charge in [0, 0.05) is 18.0 Å². The van der Waals surface area contributed by atoms with E-state index in [2.05, 4.69) is 22.2 Å². The number of H-pyrrole nitrogens is 1. The van der Waals surface area contributed by atoms with E-state index in [1.807, 2.05) is 0 Å². The van der Waals surface area contributed by atoms with Gasteiger partial charge in [0.05, 0.1) is 0 Å². The molecule has 0 atom stereocenters. The van der Waals surface area contributed by atoms with E-state index in [-0.39, 0.29) is 5.56 Å². The van der Waals surface area contributed by atoms with Crippen LogP contribution in [0.1, 0.15) is 44.3 Å². The normalized spacial score (nSPS) is 28.6. The smallest absolute Gasteiger partial charge is 0.252 e. The van der Waals surface area contributed by atoms with Gasteiger partial charge in [-0.3, -0.25) is 4.79 Å². The van der Waals surface area contributed by atoms with Crippen molar-refractivity contribution in [2.24, 2.45) is 5.92 Å². The van der Waals surface area contributed by atoms with E-state index in [0.29, 0.717) is 12.0 Å². The van der Waals surface area contributed by atoms with Crippen LogP contribution in [-0.2, 0) is 0 Å². The van der Waals surface area contributed by atoms with Gasteiger partial charge in [0.25, 0.3) is 5.56 Å². The minimum absolute atomic E-state index is 0.0354. The summed E-state index contributed by atoms with van der Waals surface area (Å²) >= 11 is 0. The van der Waals surface area contributed by atoms with Gasteiger partial charge in [-0.05, 0) is 31.6 Å². The van der Waals surface area contributed by atoms with Crippen molar-refractivity contribution in [3.63, 3.8) is 0 Å². The molecule has 1 aromatic rings. The van der Waals surface area contributed by atoms with Crippen LogP contribution in [0.15, 0.2) is 10.9 Å². The molecule has 4 nitrogen and oxygen atoms in total. The number of rotatable bonds is 3. The Balaban J connectivity index is 1.75. The number of aromatic nitrogens is 2. The maximum atomic E-state index is 11.5. The Kier molecular flexibility index (Phi) is 2.23. The van der Waals surface area contributed by atoms with Crippen molar-refractivity contribution in [3.05, 3.63) is 22.2 Å². The molecule has 0 spiro atoms. The number of hydrogen-bond donors (Lipinski definition) is 2.